The Kier molecular flexibility index (Phi) is 5.75. The van der Waals surface area contributed by atoms with Gasteiger partial charge in [-0.15, -0.1) is 11.3 Å². The standard InChI is InChI=1S/C13H22N2O4S2/c1-3-15(4-2)8-11-13(16)10(9-19-11)14-21(17,18)12-6-5-7-20-12/h5-7,10-11,13-14,16H,3-4,8-9H2,1-2H3. The van der Waals surface area contributed by atoms with Crippen LogP contribution in [0.3, 0.4) is 0 Å². The number of nitrogens with zero attached hydrogens (tertiary/aromatic N) is 1. The maximum atomic E-state index is 12.2. The van der Waals surface area contributed by atoms with E-state index < -0.39 is 22.2 Å². The highest BCUT2D eigenvalue weighted by atomic mass is 32.2. The molecule has 1 aromatic rings. The minimum absolute atomic E-state index is 0.192. The second-order valence-corrected chi connectivity index (χ2v) is 7.90. The lowest BCUT2D eigenvalue weighted by Gasteiger charge is -2.24. The van der Waals surface area contributed by atoms with Crippen molar-refractivity contribution in [2.45, 2.75) is 36.3 Å². The fraction of sp³-hybridized carbons (Fsp3) is 0.692. The molecule has 0 saturated carbocycles. The number of aliphatic hydroxyl groups is 1. The van der Waals surface area contributed by atoms with Crippen LogP contribution in [0.5, 0.6) is 0 Å². The molecule has 2 rings (SSSR count). The second-order valence-electron chi connectivity index (χ2n) is 5.01. The van der Waals surface area contributed by atoms with E-state index in [1.165, 1.54) is 0 Å². The van der Waals surface area contributed by atoms with Crippen LogP contribution in [0.15, 0.2) is 21.7 Å². The van der Waals surface area contributed by atoms with E-state index >= 15 is 0 Å². The van der Waals surface area contributed by atoms with E-state index in [1.807, 2.05) is 13.8 Å². The average Bonchev–Trinajstić information content (AvgIpc) is 3.09. The number of hydrogen-bond donors (Lipinski definition) is 2. The lowest BCUT2D eigenvalue weighted by atomic mass is 10.1. The number of ether oxygens (including phenoxy) is 1. The molecule has 0 amide bonds. The van der Waals surface area contributed by atoms with Crippen LogP contribution in [0.25, 0.3) is 0 Å². The quantitative estimate of drug-likeness (QED) is 0.759. The maximum Gasteiger partial charge on any atom is 0.250 e. The zero-order valence-electron chi connectivity index (χ0n) is 12.2. The van der Waals surface area contributed by atoms with Gasteiger partial charge in [0.05, 0.1) is 24.9 Å². The summed E-state index contributed by atoms with van der Waals surface area (Å²) in [6.45, 7) is 6.62. The lowest BCUT2D eigenvalue weighted by molar-refractivity contribution is 0.0175. The molecule has 3 atom stereocenters. The van der Waals surface area contributed by atoms with Crippen LogP contribution in [-0.4, -0.2) is 62.9 Å². The molecule has 0 spiro atoms. The summed E-state index contributed by atoms with van der Waals surface area (Å²) in [7, 11) is -3.58. The van der Waals surface area contributed by atoms with Crippen LogP contribution in [0, 0.1) is 0 Å². The fourth-order valence-corrected chi connectivity index (χ4v) is 4.60. The van der Waals surface area contributed by atoms with Gasteiger partial charge in [-0.3, -0.25) is 0 Å². The Balaban J connectivity index is 1.97. The molecule has 2 N–H and O–H groups in total. The number of likely N-dealkylation sites (N-methyl/N-ethyl adjacent to an activating group) is 1. The molecule has 3 unspecified atom stereocenters. The predicted octanol–water partition coefficient (Wildman–Crippen LogP) is 0.496. The van der Waals surface area contributed by atoms with Crippen molar-refractivity contribution in [3.8, 4) is 0 Å². The highest BCUT2D eigenvalue weighted by molar-refractivity contribution is 7.91. The molecule has 120 valence electrons. The largest absolute Gasteiger partial charge is 0.389 e. The van der Waals surface area contributed by atoms with Crippen molar-refractivity contribution >= 4 is 21.4 Å². The molecule has 0 aliphatic carbocycles. The zero-order chi connectivity index (χ0) is 15.5. The maximum absolute atomic E-state index is 12.2. The Hall–Kier alpha value is -0.510. The number of hydrogen-bond acceptors (Lipinski definition) is 6. The van der Waals surface area contributed by atoms with Gasteiger partial charge >= 0.3 is 0 Å². The summed E-state index contributed by atoms with van der Waals surface area (Å²) in [4.78, 5) is 2.14. The predicted molar refractivity (Wildman–Crippen MR) is 82.0 cm³/mol. The number of nitrogens with one attached hydrogen (secondary N) is 1. The molecule has 1 aromatic heterocycles. The fourth-order valence-electron chi connectivity index (χ4n) is 2.36. The van der Waals surface area contributed by atoms with Crippen molar-refractivity contribution in [3.05, 3.63) is 17.5 Å². The summed E-state index contributed by atoms with van der Waals surface area (Å²) in [5.74, 6) is 0. The molecule has 1 aliphatic heterocycles. The molecule has 2 heterocycles. The van der Waals surface area contributed by atoms with E-state index in [0.717, 1.165) is 24.4 Å². The van der Waals surface area contributed by atoms with Gasteiger partial charge in [0.25, 0.3) is 0 Å². The summed E-state index contributed by atoms with van der Waals surface area (Å²) >= 11 is 1.15. The van der Waals surface area contributed by atoms with E-state index in [-0.39, 0.29) is 16.9 Å². The molecular formula is C13H22N2O4S2. The third kappa shape index (κ3) is 4.02. The van der Waals surface area contributed by atoms with Crippen LogP contribution in [0.2, 0.25) is 0 Å². The Bertz CT molecular complexity index is 528. The molecule has 0 bridgehead atoms. The van der Waals surface area contributed by atoms with Gasteiger partial charge in [-0.1, -0.05) is 19.9 Å². The monoisotopic (exact) mass is 334 g/mol. The first-order valence-corrected chi connectivity index (χ1v) is 9.42. The first-order chi connectivity index (χ1) is 9.97. The van der Waals surface area contributed by atoms with Gasteiger partial charge in [0.1, 0.15) is 4.21 Å². The smallest absolute Gasteiger partial charge is 0.250 e. The van der Waals surface area contributed by atoms with Gasteiger partial charge < -0.3 is 14.7 Å². The number of sulfonamides is 1. The first-order valence-electron chi connectivity index (χ1n) is 7.05. The van der Waals surface area contributed by atoms with Crippen molar-refractivity contribution in [3.63, 3.8) is 0 Å². The normalized spacial score (nSPS) is 26.6. The van der Waals surface area contributed by atoms with Crippen LogP contribution < -0.4 is 4.72 Å². The van der Waals surface area contributed by atoms with Crippen molar-refractivity contribution < 1.29 is 18.3 Å². The molecule has 1 fully saturated rings. The lowest BCUT2D eigenvalue weighted by Crippen LogP contribution is -2.46. The van der Waals surface area contributed by atoms with Crippen molar-refractivity contribution in [1.82, 2.24) is 9.62 Å². The summed E-state index contributed by atoms with van der Waals surface area (Å²) in [5.41, 5.74) is 0. The van der Waals surface area contributed by atoms with Gasteiger partial charge in [0.2, 0.25) is 10.0 Å². The summed E-state index contributed by atoms with van der Waals surface area (Å²) in [6.07, 6.45) is -1.19. The molecule has 21 heavy (non-hydrogen) atoms. The van der Waals surface area contributed by atoms with Crippen LogP contribution in [0.1, 0.15) is 13.8 Å². The van der Waals surface area contributed by atoms with E-state index in [9.17, 15) is 13.5 Å². The van der Waals surface area contributed by atoms with E-state index in [2.05, 4.69) is 9.62 Å². The minimum atomic E-state index is -3.58. The summed E-state index contributed by atoms with van der Waals surface area (Å²) < 4.78 is 32.7. The van der Waals surface area contributed by atoms with E-state index in [1.54, 1.807) is 17.5 Å². The number of rotatable bonds is 7. The van der Waals surface area contributed by atoms with Gasteiger partial charge in [0, 0.05) is 6.54 Å². The molecule has 0 aromatic carbocycles. The number of thiophene rings is 1. The third-order valence-electron chi connectivity index (χ3n) is 3.68. The average molecular weight is 334 g/mol. The number of aliphatic hydroxyl groups excluding tert-OH is 1. The van der Waals surface area contributed by atoms with Gasteiger partial charge in [-0.25, -0.2) is 13.1 Å². The topological polar surface area (TPSA) is 78.9 Å². The van der Waals surface area contributed by atoms with Crippen LogP contribution in [-0.2, 0) is 14.8 Å². The molecule has 1 saturated heterocycles. The third-order valence-corrected chi connectivity index (χ3v) is 6.57. The summed E-state index contributed by atoms with van der Waals surface area (Å²) in [6, 6.07) is 2.63. The Morgan fingerprint density at radius 2 is 2.19 bits per heavy atom. The first kappa shape index (κ1) is 16.9. The SMILES string of the molecule is CCN(CC)CC1OCC(NS(=O)(=O)c2cccs2)C1O. The van der Waals surface area contributed by atoms with Gasteiger partial charge in [0.15, 0.2) is 0 Å². The van der Waals surface area contributed by atoms with Crippen LogP contribution >= 0.6 is 11.3 Å². The minimum Gasteiger partial charge on any atom is -0.389 e. The zero-order valence-corrected chi connectivity index (χ0v) is 13.9. The highest BCUT2D eigenvalue weighted by Gasteiger charge is 2.39. The molecule has 8 heteroatoms. The van der Waals surface area contributed by atoms with E-state index in [0.29, 0.717) is 6.54 Å². The molecular weight excluding hydrogens is 312 g/mol. The Morgan fingerprint density at radius 1 is 1.48 bits per heavy atom. The summed E-state index contributed by atoms with van der Waals surface area (Å²) in [5, 5.41) is 12.0. The second kappa shape index (κ2) is 7.17. The van der Waals surface area contributed by atoms with E-state index in [4.69, 9.17) is 4.74 Å². The van der Waals surface area contributed by atoms with Crippen molar-refractivity contribution in [2.24, 2.45) is 0 Å². The van der Waals surface area contributed by atoms with Crippen molar-refractivity contribution in [2.75, 3.05) is 26.2 Å². The van der Waals surface area contributed by atoms with Crippen molar-refractivity contribution in [1.29, 1.82) is 0 Å². The molecule has 0 radical (unpaired) electrons. The molecule has 6 nitrogen and oxygen atoms in total. The Labute approximate surface area is 129 Å². The Morgan fingerprint density at radius 3 is 2.76 bits per heavy atom. The van der Waals surface area contributed by atoms with Crippen LogP contribution in [0.4, 0.5) is 0 Å². The molecule has 1 aliphatic rings. The highest BCUT2D eigenvalue weighted by Crippen LogP contribution is 2.20. The van der Waals surface area contributed by atoms with Gasteiger partial charge in [-0.05, 0) is 24.5 Å². The van der Waals surface area contributed by atoms with Gasteiger partial charge in [-0.2, -0.15) is 0 Å².